The van der Waals surface area contributed by atoms with Crippen LogP contribution in [0.3, 0.4) is 0 Å². The molecule has 0 spiro atoms. The molecule has 0 fully saturated rings. The van der Waals surface area contributed by atoms with Crippen LogP contribution in [0.1, 0.15) is 215 Å². The molecule has 113 heavy (non-hydrogen) atoms. The van der Waals surface area contributed by atoms with Crippen LogP contribution in [0, 0.1) is 0 Å². The first-order valence-corrected chi connectivity index (χ1v) is 42.6. The fourth-order valence-electron chi connectivity index (χ4n) is 21.8. The predicted octanol–water partition coefficient (Wildman–Crippen LogP) is 31.9. The lowest BCUT2D eigenvalue weighted by Crippen LogP contribution is -2.25. The lowest BCUT2D eigenvalue weighted by atomic mass is 9.70. The van der Waals surface area contributed by atoms with Crippen LogP contribution in [0.5, 0.6) is 0 Å². The van der Waals surface area contributed by atoms with E-state index in [1.54, 1.807) is 11.1 Å². The number of para-hydroxylation sites is 2. The van der Waals surface area contributed by atoms with E-state index in [0.717, 1.165) is 33.6 Å². The van der Waals surface area contributed by atoms with Crippen molar-refractivity contribution in [3.05, 3.63) is 329 Å². The molecule has 2 heteroatoms. The zero-order chi connectivity index (χ0) is 76.9. The molecule has 0 bridgehead atoms. The van der Waals surface area contributed by atoms with Crippen molar-refractivity contribution in [1.82, 2.24) is 0 Å². The van der Waals surface area contributed by atoms with Gasteiger partial charge in [-0.15, -0.1) is 0 Å². The van der Waals surface area contributed by atoms with Gasteiger partial charge in [0.2, 0.25) is 0 Å². The molecule has 20 rings (SSSR count). The molecule has 5 aliphatic carbocycles. The normalized spacial score (nSPS) is 15.3. The number of hydrogen-bond acceptors (Lipinski definition) is 2. The fraction of sp³-hybridized carbons (Fsp3) is 0.261. The van der Waals surface area contributed by atoms with Crippen LogP contribution in [0.2, 0.25) is 0 Å². The predicted molar refractivity (Wildman–Crippen MR) is 480 cm³/mol. The van der Waals surface area contributed by atoms with Crippen LogP contribution < -0.4 is 4.90 Å². The maximum atomic E-state index is 7.12. The second-order valence-electron chi connectivity index (χ2n) is 36.0. The third-order valence-corrected chi connectivity index (χ3v) is 28.1. The quantitative estimate of drug-likeness (QED) is 0.0667. The lowest BCUT2D eigenvalue weighted by molar-refractivity contribution is 0.398. The minimum Gasteiger partial charge on any atom is -0.454 e. The van der Waals surface area contributed by atoms with Crippen molar-refractivity contribution in [1.29, 1.82) is 0 Å². The van der Waals surface area contributed by atoms with Gasteiger partial charge in [-0.05, 0) is 258 Å². The molecule has 0 aliphatic heterocycles. The van der Waals surface area contributed by atoms with Gasteiger partial charge in [-0.2, -0.15) is 0 Å². The van der Waals surface area contributed by atoms with Crippen molar-refractivity contribution >= 4 is 49.8 Å². The maximum Gasteiger partial charge on any atom is 0.160 e. The van der Waals surface area contributed by atoms with Crippen LogP contribution in [0.15, 0.2) is 277 Å². The van der Waals surface area contributed by atoms with Gasteiger partial charge in [-0.3, -0.25) is 0 Å². The Morgan fingerprint density at radius 3 is 1.13 bits per heavy atom. The lowest BCUT2D eigenvalue weighted by Gasteiger charge is -2.33. The zero-order valence-corrected chi connectivity index (χ0v) is 67.7. The van der Waals surface area contributed by atoms with E-state index in [1.165, 1.54) is 251 Å². The highest BCUT2D eigenvalue weighted by Gasteiger charge is 2.45. The Labute approximate surface area is 669 Å². The van der Waals surface area contributed by atoms with Gasteiger partial charge in [0.25, 0.3) is 0 Å². The summed E-state index contributed by atoms with van der Waals surface area (Å²) in [6.07, 6.45) is 18.4. The van der Waals surface area contributed by atoms with Gasteiger partial charge < -0.3 is 9.32 Å². The Morgan fingerprint density at radius 1 is 0.265 bits per heavy atom. The topological polar surface area (TPSA) is 16.4 Å². The molecular formula is C111H103NO. The minimum absolute atomic E-state index is 0.0532. The first-order valence-electron chi connectivity index (χ1n) is 42.6. The molecule has 1 heterocycles. The van der Waals surface area contributed by atoms with Crippen LogP contribution in [0.4, 0.5) is 17.1 Å². The molecule has 558 valence electrons. The summed E-state index contributed by atoms with van der Waals surface area (Å²) >= 11 is 0. The summed E-state index contributed by atoms with van der Waals surface area (Å²) in [7, 11) is 0. The van der Waals surface area contributed by atoms with Crippen molar-refractivity contribution < 1.29 is 4.42 Å². The van der Waals surface area contributed by atoms with E-state index in [4.69, 9.17) is 4.42 Å². The second-order valence-corrected chi connectivity index (χ2v) is 36.0. The van der Waals surface area contributed by atoms with E-state index >= 15 is 0 Å². The van der Waals surface area contributed by atoms with E-state index < -0.39 is 0 Å². The van der Waals surface area contributed by atoms with Crippen LogP contribution >= 0.6 is 0 Å². The Morgan fingerprint density at radius 2 is 0.637 bits per heavy atom. The average molecular weight is 1470 g/mol. The van der Waals surface area contributed by atoms with Gasteiger partial charge >= 0.3 is 0 Å². The summed E-state index contributed by atoms with van der Waals surface area (Å²) in [6.45, 7) is 24.1. The summed E-state index contributed by atoms with van der Waals surface area (Å²) in [4.78, 5) is 2.41. The smallest absolute Gasteiger partial charge is 0.160 e. The molecule has 5 aliphatic rings. The summed E-state index contributed by atoms with van der Waals surface area (Å²) in [5.74, 6) is 0. The van der Waals surface area contributed by atoms with Gasteiger partial charge in [0.05, 0.1) is 5.69 Å². The number of furan rings is 1. The first kappa shape index (κ1) is 71.0. The van der Waals surface area contributed by atoms with Crippen LogP contribution in [0.25, 0.3) is 133 Å². The second kappa shape index (κ2) is 27.1. The Hall–Kier alpha value is -11.1. The molecule has 2 nitrogen and oxygen atoms in total. The minimum atomic E-state index is -0.260. The standard InChI is InChI=1S/C111H103NO/c1-11-13-15-17-19-30-60-111(61-31-20-18-16-14-12-2)91-38-28-26-36-82(91)89-58-48-78(68-99(89)111)77-47-57-88-87-56-46-76(66-97(87)110(9,10)98(88)67-77)75-45-55-86-85-54-44-74(64-95(85)109(7,8)96(86)65-75)73-43-53-84-83-52-42-72(62-93(83)108(5,6)94(84)63-73)70-40-50-80(51-41-70)112(79-33-22-21-23-34-79)101-69-100-105(104-90-37-27-29-39-102(90)113-106(101)104)103-81-35-25-24-32-71(81)49-59-92(103)107(100,3)4/h21-29,32-59,62-69H,11-20,30-31,60-61H2,1-10H3. The van der Waals surface area contributed by atoms with Gasteiger partial charge in [-0.25, -0.2) is 0 Å². The number of fused-ring (bicyclic) bond motifs is 21. The fourth-order valence-corrected chi connectivity index (χ4v) is 21.8. The zero-order valence-electron chi connectivity index (χ0n) is 67.7. The molecule has 0 saturated heterocycles. The number of unbranched alkanes of at least 4 members (excludes halogenated alkanes) is 10. The summed E-state index contributed by atoms with van der Waals surface area (Å²) in [5.41, 5.74) is 42.1. The van der Waals surface area contributed by atoms with Gasteiger partial charge in [0.15, 0.2) is 5.58 Å². The molecule has 0 atom stereocenters. The largest absolute Gasteiger partial charge is 0.454 e. The molecule has 0 radical (unpaired) electrons. The molecule has 15 aromatic rings. The van der Waals surface area contributed by atoms with Crippen molar-refractivity contribution in [3.8, 4) is 100 Å². The number of benzene rings is 14. The van der Waals surface area contributed by atoms with Gasteiger partial charge in [-0.1, -0.05) is 340 Å². The van der Waals surface area contributed by atoms with Crippen molar-refractivity contribution in [3.63, 3.8) is 0 Å². The number of nitrogens with zero attached hydrogens (tertiary/aromatic N) is 1. The van der Waals surface area contributed by atoms with Crippen molar-refractivity contribution in [2.24, 2.45) is 0 Å². The number of rotatable bonds is 21. The SMILES string of the molecule is CCCCCCCCC1(CCCCCCCC)c2ccccc2-c2ccc(-c3ccc4c(c3)C(C)(C)c3cc(-c5ccc6c(c5)C(C)(C)c5cc(-c7ccc8c(c7)C(C)(C)c7cc(-c9ccc(N(c%10ccccc%10)c%10cc%11c(c%12c%10oc%10ccccc%10%12)-c%10c(ccc%12ccccc%10%12)C%11(C)C)cc9)ccc7-8)ccc5-6)ccc3-4)cc21. The molecule has 14 aromatic carbocycles. The van der Waals surface area contributed by atoms with Crippen LogP contribution in [-0.4, -0.2) is 0 Å². The Balaban J connectivity index is 0.563. The average Bonchev–Trinajstić information content (AvgIpc) is 1.54. The highest BCUT2D eigenvalue weighted by molar-refractivity contribution is 6.22. The molecule has 1 aromatic heterocycles. The maximum absolute atomic E-state index is 7.12. The van der Waals surface area contributed by atoms with Gasteiger partial charge in [0.1, 0.15) is 5.58 Å². The third kappa shape index (κ3) is 11.1. The van der Waals surface area contributed by atoms with E-state index in [0.29, 0.717) is 0 Å². The van der Waals surface area contributed by atoms with Crippen molar-refractivity contribution in [2.45, 2.75) is 186 Å². The molecule has 0 amide bonds. The van der Waals surface area contributed by atoms with E-state index in [1.807, 2.05) is 0 Å². The molecule has 0 unspecified atom stereocenters. The van der Waals surface area contributed by atoms with Gasteiger partial charge in [0, 0.05) is 49.2 Å². The number of anilines is 3. The molecule has 0 N–H and O–H groups in total. The van der Waals surface area contributed by atoms with Crippen molar-refractivity contribution in [2.75, 3.05) is 4.90 Å². The Kier molecular flexibility index (Phi) is 17.0. The summed E-state index contributed by atoms with van der Waals surface area (Å²) < 4.78 is 7.12. The van der Waals surface area contributed by atoms with E-state index in [2.05, 4.69) is 347 Å². The molecular weight excluding hydrogens is 1360 g/mol. The first-order chi connectivity index (χ1) is 55.0. The van der Waals surface area contributed by atoms with E-state index in [9.17, 15) is 0 Å². The summed E-state index contributed by atoms with van der Waals surface area (Å²) in [5, 5.41) is 4.84. The van der Waals surface area contributed by atoms with Crippen LogP contribution in [-0.2, 0) is 27.1 Å². The number of hydrogen-bond donors (Lipinski definition) is 0. The highest BCUT2D eigenvalue weighted by Crippen LogP contribution is 2.61. The highest BCUT2D eigenvalue weighted by atomic mass is 16.3. The third-order valence-electron chi connectivity index (χ3n) is 28.1. The summed E-state index contributed by atoms with van der Waals surface area (Å²) in [6, 6.07) is 105. The van der Waals surface area contributed by atoms with E-state index in [-0.39, 0.29) is 27.1 Å². The monoisotopic (exact) mass is 1470 g/mol. The molecule has 0 saturated carbocycles. The Bertz CT molecular complexity index is 6330.